The van der Waals surface area contributed by atoms with Crippen LogP contribution in [0.15, 0.2) is 34.9 Å². The molecule has 1 amide bonds. The number of thiophene rings is 1. The Balaban J connectivity index is 1.89. The van der Waals surface area contributed by atoms with Crippen LogP contribution in [-0.4, -0.2) is 29.4 Å². The Morgan fingerprint density at radius 2 is 1.86 bits per heavy atom. The summed E-state index contributed by atoms with van der Waals surface area (Å²) in [6, 6.07) is 9.13. The molecule has 0 atom stereocenters. The number of esters is 1. The van der Waals surface area contributed by atoms with E-state index >= 15 is 0 Å². The zero-order chi connectivity index (χ0) is 21.1. The van der Waals surface area contributed by atoms with Gasteiger partial charge in [-0.05, 0) is 33.3 Å². The molecule has 2 heterocycles. The van der Waals surface area contributed by atoms with E-state index in [-0.39, 0.29) is 28.6 Å². The molecule has 0 aliphatic heterocycles. The summed E-state index contributed by atoms with van der Waals surface area (Å²) in [5.41, 5.74) is 2.62. The summed E-state index contributed by atoms with van der Waals surface area (Å²) in [6.07, 6.45) is 0. The monoisotopic (exact) mass is 412 g/mol. The van der Waals surface area contributed by atoms with E-state index in [1.54, 1.807) is 13.8 Å². The van der Waals surface area contributed by atoms with Crippen LogP contribution in [0.1, 0.15) is 55.5 Å². The number of ketones is 1. The lowest BCUT2D eigenvalue weighted by molar-refractivity contribution is 0.0527. The second-order valence-electron chi connectivity index (χ2n) is 6.43. The number of amides is 1. The van der Waals surface area contributed by atoms with Crippen LogP contribution in [0.3, 0.4) is 0 Å². The van der Waals surface area contributed by atoms with Gasteiger partial charge in [0.1, 0.15) is 5.00 Å². The highest BCUT2D eigenvalue weighted by molar-refractivity contribution is 7.18. The van der Waals surface area contributed by atoms with Crippen molar-refractivity contribution in [1.29, 1.82) is 0 Å². The number of aryl methyl sites for hydroxylation is 1. The molecule has 1 aromatic carbocycles. The van der Waals surface area contributed by atoms with Crippen molar-refractivity contribution < 1.29 is 23.6 Å². The summed E-state index contributed by atoms with van der Waals surface area (Å²) in [7, 11) is 0. The average molecular weight is 412 g/mol. The van der Waals surface area contributed by atoms with Gasteiger partial charge in [0, 0.05) is 11.6 Å². The van der Waals surface area contributed by atoms with Gasteiger partial charge in [-0.3, -0.25) is 9.59 Å². The number of Topliss-reactive ketones (excluding diaryl/α,β-unsaturated/α-hetero) is 1. The van der Waals surface area contributed by atoms with Crippen molar-refractivity contribution in [1.82, 2.24) is 5.16 Å². The second kappa shape index (κ2) is 8.40. The van der Waals surface area contributed by atoms with Gasteiger partial charge < -0.3 is 14.6 Å². The minimum Gasteiger partial charge on any atom is -0.462 e. The largest absolute Gasteiger partial charge is 0.462 e. The predicted molar refractivity (Wildman–Crippen MR) is 110 cm³/mol. The molecule has 3 aromatic rings. The quantitative estimate of drug-likeness (QED) is 0.467. The van der Waals surface area contributed by atoms with Gasteiger partial charge in [0.05, 0.1) is 17.0 Å². The maximum atomic E-state index is 12.7. The van der Waals surface area contributed by atoms with Crippen LogP contribution in [0.25, 0.3) is 11.3 Å². The fraction of sp³-hybridized carbons (Fsp3) is 0.238. The molecule has 0 aliphatic rings. The van der Waals surface area contributed by atoms with Crippen LogP contribution in [0.5, 0.6) is 0 Å². The zero-order valence-electron chi connectivity index (χ0n) is 16.5. The number of nitrogens with one attached hydrogen (secondary N) is 1. The summed E-state index contributed by atoms with van der Waals surface area (Å²) in [5, 5.41) is 6.73. The lowest BCUT2D eigenvalue weighted by atomic mass is 10.1. The van der Waals surface area contributed by atoms with Crippen molar-refractivity contribution in [2.24, 2.45) is 0 Å². The Kier molecular flexibility index (Phi) is 5.93. The predicted octanol–water partition coefficient (Wildman–Crippen LogP) is 4.65. The SMILES string of the molecule is CCOC(=O)c1c(NC(=O)c2cc(-c3ccc(C)cc3)on2)sc(C(C)=O)c1C. The molecule has 0 saturated carbocycles. The van der Waals surface area contributed by atoms with E-state index in [2.05, 4.69) is 10.5 Å². The number of nitrogens with zero attached hydrogens (tertiary/aromatic N) is 1. The Labute approximate surface area is 171 Å². The van der Waals surface area contributed by atoms with Crippen LogP contribution in [0.4, 0.5) is 5.00 Å². The maximum Gasteiger partial charge on any atom is 0.341 e. The molecule has 7 nitrogen and oxygen atoms in total. The van der Waals surface area contributed by atoms with Crippen LogP contribution >= 0.6 is 11.3 Å². The molecule has 0 spiro atoms. The maximum absolute atomic E-state index is 12.7. The van der Waals surface area contributed by atoms with Crippen molar-refractivity contribution in [3.05, 3.63) is 57.6 Å². The average Bonchev–Trinajstić information content (AvgIpc) is 3.28. The first-order chi connectivity index (χ1) is 13.8. The van der Waals surface area contributed by atoms with E-state index in [9.17, 15) is 14.4 Å². The smallest absolute Gasteiger partial charge is 0.341 e. The summed E-state index contributed by atoms with van der Waals surface area (Å²) in [6.45, 7) is 6.90. The van der Waals surface area contributed by atoms with E-state index in [0.29, 0.717) is 16.2 Å². The summed E-state index contributed by atoms with van der Waals surface area (Å²) >= 11 is 1.04. The summed E-state index contributed by atoms with van der Waals surface area (Å²) < 4.78 is 10.4. The number of aromatic nitrogens is 1. The van der Waals surface area contributed by atoms with Crippen molar-refractivity contribution in [3.63, 3.8) is 0 Å². The Morgan fingerprint density at radius 3 is 2.48 bits per heavy atom. The third-order valence-electron chi connectivity index (χ3n) is 4.25. The highest BCUT2D eigenvalue weighted by Crippen LogP contribution is 2.34. The molecule has 0 radical (unpaired) electrons. The molecular formula is C21H20N2O5S. The molecule has 150 valence electrons. The molecule has 0 saturated heterocycles. The lowest BCUT2D eigenvalue weighted by Crippen LogP contribution is -2.15. The number of hydrogen-bond acceptors (Lipinski definition) is 7. The molecule has 1 N–H and O–H groups in total. The summed E-state index contributed by atoms with van der Waals surface area (Å²) in [4.78, 5) is 37.3. The fourth-order valence-electron chi connectivity index (χ4n) is 2.79. The first kappa shape index (κ1) is 20.5. The van der Waals surface area contributed by atoms with Crippen molar-refractivity contribution >= 4 is 34.0 Å². The second-order valence-corrected chi connectivity index (χ2v) is 7.45. The molecule has 29 heavy (non-hydrogen) atoms. The lowest BCUT2D eigenvalue weighted by Gasteiger charge is -2.05. The summed E-state index contributed by atoms with van der Waals surface area (Å²) in [5.74, 6) is -0.882. The van der Waals surface area contributed by atoms with Crippen molar-refractivity contribution in [3.8, 4) is 11.3 Å². The Bertz CT molecular complexity index is 1080. The number of benzene rings is 1. The highest BCUT2D eigenvalue weighted by Gasteiger charge is 2.26. The molecule has 0 aliphatic carbocycles. The van der Waals surface area contributed by atoms with Gasteiger partial charge in [0.15, 0.2) is 17.2 Å². The van der Waals surface area contributed by atoms with Gasteiger partial charge in [-0.1, -0.05) is 35.0 Å². The molecule has 0 bridgehead atoms. The normalized spacial score (nSPS) is 10.6. The number of carbonyl (C=O) groups excluding carboxylic acids is 3. The fourth-order valence-corrected chi connectivity index (χ4v) is 3.87. The number of ether oxygens (including phenoxy) is 1. The minimum absolute atomic E-state index is 0.0609. The van der Waals surface area contributed by atoms with E-state index in [1.807, 2.05) is 31.2 Å². The third-order valence-corrected chi connectivity index (χ3v) is 5.56. The van der Waals surface area contributed by atoms with Crippen LogP contribution in [-0.2, 0) is 4.74 Å². The number of anilines is 1. The van der Waals surface area contributed by atoms with E-state index < -0.39 is 11.9 Å². The minimum atomic E-state index is -0.593. The van der Waals surface area contributed by atoms with Crippen LogP contribution in [0, 0.1) is 13.8 Å². The van der Waals surface area contributed by atoms with Gasteiger partial charge in [-0.25, -0.2) is 4.79 Å². The van der Waals surface area contributed by atoms with Gasteiger partial charge in [-0.15, -0.1) is 11.3 Å². The van der Waals surface area contributed by atoms with Gasteiger partial charge in [0.25, 0.3) is 5.91 Å². The van der Waals surface area contributed by atoms with E-state index in [1.165, 1.54) is 13.0 Å². The topological polar surface area (TPSA) is 98.5 Å². The van der Waals surface area contributed by atoms with Crippen LogP contribution in [0.2, 0.25) is 0 Å². The first-order valence-electron chi connectivity index (χ1n) is 8.98. The number of rotatable bonds is 6. The third kappa shape index (κ3) is 4.27. The molecule has 0 fully saturated rings. The standard InChI is InChI=1S/C21H20N2O5S/c1-5-27-21(26)17-12(3)18(13(4)24)29-20(17)22-19(25)15-10-16(28-23-15)14-8-6-11(2)7-9-14/h6-10H,5H2,1-4H3,(H,22,25). The van der Waals surface area contributed by atoms with Gasteiger partial charge in [0.2, 0.25) is 0 Å². The molecule has 2 aromatic heterocycles. The van der Waals surface area contributed by atoms with E-state index in [0.717, 1.165) is 22.5 Å². The van der Waals surface area contributed by atoms with Crippen molar-refractivity contribution in [2.45, 2.75) is 27.7 Å². The molecule has 8 heteroatoms. The van der Waals surface area contributed by atoms with E-state index in [4.69, 9.17) is 9.26 Å². The molecular weight excluding hydrogens is 392 g/mol. The zero-order valence-corrected chi connectivity index (χ0v) is 17.3. The number of carbonyl (C=O) groups is 3. The molecule has 0 unspecified atom stereocenters. The van der Waals surface area contributed by atoms with Crippen molar-refractivity contribution in [2.75, 3.05) is 11.9 Å². The highest BCUT2D eigenvalue weighted by atomic mass is 32.1. The van der Waals surface area contributed by atoms with Gasteiger partial charge in [-0.2, -0.15) is 0 Å². The Morgan fingerprint density at radius 1 is 1.17 bits per heavy atom. The number of hydrogen-bond donors (Lipinski definition) is 1. The Hall–Kier alpha value is -3.26. The van der Waals surface area contributed by atoms with Gasteiger partial charge >= 0.3 is 5.97 Å². The van der Waals surface area contributed by atoms with Crippen LogP contribution < -0.4 is 5.32 Å². The molecule has 3 rings (SSSR count). The first-order valence-corrected chi connectivity index (χ1v) is 9.80.